The number of phenols is 1. The maximum Gasteiger partial charge on any atom is 0.305 e. The highest BCUT2D eigenvalue weighted by Gasteiger charge is 2.03. The number of phenolic OH excluding ortho intramolecular Hbond substituents is 1. The van der Waals surface area contributed by atoms with Crippen LogP contribution < -0.4 is 0 Å². The summed E-state index contributed by atoms with van der Waals surface area (Å²) in [6.45, 7) is 2.67. The van der Waals surface area contributed by atoms with E-state index >= 15 is 0 Å². The third-order valence-corrected chi connectivity index (χ3v) is 4.32. The molecule has 0 aliphatic heterocycles. The SMILES string of the molecule is CCCCCCCCCCCCC(=O)OCCc1ccc(O)cc1. The molecule has 3 nitrogen and oxygen atoms in total. The van der Waals surface area contributed by atoms with Gasteiger partial charge in [-0.25, -0.2) is 0 Å². The van der Waals surface area contributed by atoms with Gasteiger partial charge >= 0.3 is 5.97 Å². The van der Waals surface area contributed by atoms with Crippen LogP contribution in [0.25, 0.3) is 0 Å². The lowest BCUT2D eigenvalue weighted by Gasteiger charge is -2.05. The van der Waals surface area contributed by atoms with Crippen molar-refractivity contribution in [3.05, 3.63) is 29.8 Å². The quantitative estimate of drug-likeness (QED) is 0.346. The van der Waals surface area contributed by atoms with Gasteiger partial charge in [0.2, 0.25) is 0 Å². The first-order chi connectivity index (χ1) is 11.7. The normalized spacial score (nSPS) is 10.7. The lowest BCUT2D eigenvalue weighted by molar-refractivity contribution is -0.143. The number of aromatic hydroxyl groups is 1. The van der Waals surface area contributed by atoms with Crippen molar-refractivity contribution in [1.82, 2.24) is 0 Å². The average Bonchev–Trinajstić information content (AvgIpc) is 2.58. The Labute approximate surface area is 147 Å². The van der Waals surface area contributed by atoms with Crippen molar-refractivity contribution in [3.63, 3.8) is 0 Å². The minimum Gasteiger partial charge on any atom is -0.508 e. The molecule has 0 aromatic heterocycles. The van der Waals surface area contributed by atoms with Gasteiger partial charge in [0.05, 0.1) is 6.61 Å². The first-order valence-electron chi connectivity index (χ1n) is 9.66. The van der Waals surface area contributed by atoms with E-state index in [1.165, 1.54) is 51.4 Å². The fraction of sp³-hybridized carbons (Fsp3) is 0.667. The molecule has 0 amide bonds. The summed E-state index contributed by atoms with van der Waals surface area (Å²) < 4.78 is 5.26. The van der Waals surface area contributed by atoms with E-state index < -0.39 is 0 Å². The summed E-state index contributed by atoms with van der Waals surface area (Å²) in [5.74, 6) is 0.171. The van der Waals surface area contributed by atoms with Crippen LogP contribution >= 0.6 is 0 Å². The molecule has 0 aliphatic carbocycles. The summed E-state index contributed by atoms with van der Waals surface area (Å²) in [4.78, 5) is 11.7. The average molecular weight is 334 g/mol. The van der Waals surface area contributed by atoms with Gasteiger partial charge in [-0.3, -0.25) is 4.79 Å². The van der Waals surface area contributed by atoms with Crippen molar-refractivity contribution in [2.24, 2.45) is 0 Å². The van der Waals surface area contributed by atoms with Gasteiger partial charge in [-0.15, -0.1) is 0 Å². The second-order valence-electron chi connectivity index (χ2n) is 6.57. The number of carbonyl (C=O) groups excluding carboxylic acids is 1. The molecule has 3 heteroatoms. The van der Waals surface area contributed by atoms with Crippen molar-refractivity contribution in [1.29, 1.82) is 0 Å². The van der Waals surface area contributed by atoms with Crippen LogP contribution in [0.3, 0.4) is 0 Å². The van der Waals surface area contributed by atoms with Crippen molar-refractivity contribution in [2.45, 2.75) is 84.0 Å². The number of esters is 1. The van der Waals surface area contributed by atoms with Crippen LogP contribution in [0.1, 0.15) is 83.1 Å². The highest BCUT2D eigenvalue weighted by atomic mass is 16.5. The monoisotopic (exact) mass is 334 g/mol. The Balaban J connectivity index is 1.88. The van der Waals surface area contributed by atoms with Gasteiger partial charge in [0, 0.05) is 12.8 Å². The largest absolute Gasteiger partial charge is 0.508 e. The van der Waals surface area contributed by atoms with Gasteiger partial charge in [0.25, 0.3) is 0 Å². The number of ether oxygens (including phenoxy) is 1. The van der Waals surface area contributed by atoms with Crippen molar-refractivity contribution < 1.29 is 14.6 Å². The predicted molar refractivity (Wildman–Crippen MR) is 99.2 cm³/mol. The molecule has 1 aromatic rings. The molecule has 0 aliphatic rings. The van der Waals surface area contributed by atoms with Crippen molar-refractivity contribution in [3.8, 4) is 5.75 Å². The topological polar surface area (TPSA) is 46.5 Å². The van der Waals surface area contributed by atoms with E-state index in [0.717, 1.165) is 18.4 Å². The van der Waals surface area contributed by atoms with Crippen LogP contribution in [-0.2, 0) is 16.0 Å². The number of rotatable bonds is 14. The molecule has 0 radical (unpaired) electrons. The number of hydrogen-bond donors (Lipinski definition) is 1. The molecular formula is C21H34O3. The zero-order chi connectivity index (χ0) is 17.5. The molecule has 0 heterocycles. The molecule has 1 aromatic carbocycles. The lowest BCUT2D eigenvalue weighted by Crippen LogP contribution is -2.07. The molecule has 0 bridgehead atoms. The number of unbranched alkanes of at least 4 members (excludes halogenated alkanes) is 9. The molecule has 0 atom stereocenters. The maximum absolute atomic E-state index is 11.7. The van der Waals surface area contributed by atoms with Crippen LogP contribution in [0.2, 0.25) is 0 Å². The summed E-state index contributed by atoms with van der Waals surface area (Å²) in [6.07, 6.45) is 14.0. The Morgan fingerprint density at radius 3 is 2.00 bits per heavy atom. The van der Waals surface area contributed by atoms with Gasteiger partial charge < -0.3 is 9.84 Å². The summed E-state index contributed by atoms with van der Waals surface area (Å²) in [7, 11) is 0. The smallest absolute Gasteiger partial charge is 0.305 e. The predicted octanol–water partition coefficient (Wildman–Crippen LogP) is 5.79. The number of hydrogen-bond acceptors (Lipinski definition) is 3. The molecular weight excluding hydrogens is 300 g/mol. The van der Waals surface area contributed by atoms with E-state index in [2.05, 4.69) is 6.92 Å². The molecule has 136 valence electrons. The van der Waals surface area contributed by atoms with Gasteiger partial charge in [0.15, 0.2) is 0 Å². The zero-order valence-corrected chi connectivity index (χ0v) is 15.3. The number of benzene rings is 1. The van der Waals surface area contributed by atoms with E-state index in [1.54, 1.807) is 12.1 Å². The molecule has 1 rings (SSSR count). The molecule has 0 saturated carbocycles. The number of carbonyl (C=O) groups is 1. The lowest BCUT2D eigenvalue weighted by atomic mass is 10.1. The van der Waals surface area contributed by atoms with E-state index in [1.807, 2.05) is 12.1 Å². The first kappa shape index (κ1) is 20.5. The highest BCUT2D eigenvalue weighted by molar-refractivity contribution is 5.69. The Bertz CT molecular complexity index is 425. The molecule has 1 N–H and O–H groups in total. The van der Waals surface area contributed by atoms with Crippen LogP contribution in [0.4, 0.5) is 0 Å². The Morgan fingerprint density at radius 1 is 0.875 bits per heavy atom. The molecule has 0 saturated heterocycles. The van der Waals surface area contributed by atoms with E-state index in [9.17, 15) is 9.90 Å². The third-order valence-electron chi connectivity index (χ3n) is 4.32. The van der Waals surface area contributed by atoms with Gasteiger partial charge in [-0.2, -0.15) is 0 Å². The third kappa shape index (κ3) is 11.1. The van der Waals surface area contributed by atoms with Crippen LogP contribution in [0, 0.1) is 0 Å². The van der Waals surface area contributed by atoms with E-state index in [-0.39, 0.29) is 11.7 Å². The Kier molecular flexibility index (Phi) is 11.9. The van der Waals surface area contributed by atoms with Crippen molar-refractivity contribution >= 4 is 5.97 Å². The summed E-state index contributed by atoms with van der Waals surface area (Å²) in [5, 5.41) is 9.21. The molecule has 0 fully saturated rings. The van der Waals surface area contributed by atoms with Gasteiger partial charge in [-0.05, 0) is 24.1 Å². The maximum atomic E-state index is 11.7. The summed E-state index contributed by atoms with van der Waals surface area (Å²) in [5.41, 5.74) is 1.07. The minimum atomic E-state index is -0.0895. The van der Waals surface area contributed by atoms with E-state index in [0.29, 0.717) is 19.4 Å². The van der Waals surface area contributed by atoms with Crippen LogP contribution in [-0.4, -0.2) is 17.7 Å². The van der Waals surface area contributed by atoms with Crippen molar-refractivity contribution in [2.75, 3.05) is 6.61 Å². The standard InChI is InChI=1S/C21H34O3/c1-2-3-4-5-6-7-8-9-10-11-12-21(23)24-18-17-19-13-15-20(22)16-14-19/h13-16,22H,2-12,17-18H2,1H3. The summed E-state index contributed by atoms with van der Waals surface area (Å²) >= 11 is 0. The zero-order valence-electron chi connectivity index (χ0n) is 15.3. The summed E-state index contributed by atoms with van der Waals surface area (Å²) in [6, 6.07) is 7.01. The second-order valence-corrected chi connectivity index (χ2v) is 6.57. The second kappa shape index (κ2) is 13.9. The Morgan fingerprint density at radius 2 is 1.42 bits per heavy atom. The van der Waals surface area contributed by atoms with Crippen LogP contribution in [0.5, 0.6) is 5.75 Å². The molecule has 0 unspecified atom stereocenters. The Hall–Kier alpha value is -1.51. The fourth-order valence-corrected chi connectivity index (χ4v) is 2.77. The highest BCUT2D eigenvalue weighted by Crippen LogP contribution is 2.12. The van der Waals surface area contributed by atoms with Gasteiger partial charge in [-0.1, -0.05) is 76.8 Å². The molecule has 0 spiro atoms. The molecule has 24 heavy (non-hydrogen) atoms. The minimum absolute atomic E-state index is 0.0895. The fourth-order valence-electron chi connectivity index (χ4n) is 2.77. The van der Waals surface area contributed by atoms with Crippen LogP contribution in [0.15, 0.2) is 24.3 Å². The first-order valence-corrected chi connectivity index (χ1v) is 9.66. The van der Waals surface area contributed by atoms with Gasteiger partial charge in [0.1, 0.15) is 5.75 Å². The van der Waals surface area contributed by atoms with E-state index in [4.69, 9.17) is 4.74 Å².